The van der Waals surface area contributed by atoms with Crippen LogP contribution in [0, 0.1) is 5.82 Å². The predicted octanol–water partition coefficient (Wildman–Crippen LogP) is 1.41. The summed E-state index contributed by atoms with van der Waals surface area (Å²) in [6, 6.07) is 5.10. The maximum Gasteiger partial charge on any atom is 0.146 e. The minimum Gasteiger partial charge on any atom is -0.383 e. The van der Waals surface area contributed by atoms with Crippen LogP contribution in [0.25, 0.3) is 0 Å². The van der Waals surface area contributed by atoms with Crippen molar-refractivity contribution in [1.82, 2.24) is 0 Å². The van der Waals surface area contributed by atoms with Gasteiger partial charge in [0.2, 0.25) is 0 Å². The molecule has 1 rings (SSSR count). The lowest BCUT2D eigenvalue weighted by molar-refractivity contribution is 0.206. The molecule has 4 heteroatoms. The van der Waals surface area contributed by atoms with Gasteiger partial charge in [-0.25, -0.2) is 4.39 Å². The number of anilines is 1. The van der Waals surface area contributed by atoms with Gasteiger partial charge in [0.05, 0.1) is 12.3 Å². The largest absolute Gasteiger partial charge is 0.383 e. The molecule has 0 aliphatic carbocycles. The van der Waals surface area contributed by atoms with Crippen molar-refractivity contribution in [2.24, 2.45) is 5.73 Å². The maximum atomic E-state index is 13.7. The Morgan fingerprint density at radius 2 is 2.19 bits per heavy atom. The summed E-state index contributed by atoms with van der Waals surface area (Å²) in [6.07, 6.45) is 0.685. The summed E-state index contributed by atoms with van der Waals surface area (Å²) in [5, 5.41) is 0. The summed E-state index contributed by atoms with van der Waals surface area (Å²) in [6.45, 7) is 1.76. The van der Waals surface area contributed by atoms with Crippen LogP contribution in [0.4, 0.5) is 10.1 Å². The van der Waals surface area contributed by atoms with Crippen molar-refractivity contribution in [3.63, 3.8) is 0 Å². The summed E-state index contributed by atoms with van der Waals surface area (Å²) in [5.74, 6) is -0.204. The van der Waals surface area contributed by atoms with Crippen molar-refractivity contribution < 1.29 is 9.13 Å². The van der Waals surface area contributed by atoms with Crippen molar-refractivity contribution in [3.05, 3.63) is 29.6 Å². The van der Waals surface area contributed by atoms with Crippen LogP contribution >= 0.6 is 0 Å². The van der Waals surface area contributed by atoms with E-state index in [1.165, 1.54) is 6.07 Å². The quantitative estimate of drug-likeness (QED) is 0.797. The number of nitrogens with two attached hydrogens (primary N) is 1. The third kappa shape index (κ3) is 3.18. The third-order valence-electron chi connectivity index (χ3n) is 2.50. The number of methoxy groups -OCH3 is 1. The Hall–Kier alpha value is -1.13. The van der Waals surface area contributed by atoms with E-state index in [4.69, 9.17) is 10.5 Å². The van der Waals surface area contributed by atoms with Gasteiger partial charge < -0.3 is 15.4 Å². The molecule has 0 unspecified atom stereocenters. The van der Waals surface area contributed by atoms with E-state index in [-0.39, 0.29) is 5.82 Å². The standard InChI is InChI=1S/C12H19FN2O/c1-15(8-9-16-2)12-10(6-7-14)4-3-5-11(12)13/h3-5H,6-9,14H2,1-2H3. The van der Waals surface area contributed by atoms with Gasteiger partial charge >= 0.3 is 0 Å². The van der Waals surface area contributed by atoms with Gasteiger partial charge in [-0.3, -0.25) is 0 Å². The minimum absolute atomic E-state index is 0.204. The van der Waals surface area contributed by atoms with E-state index in [1.54, 1.807) is 13.2 Å². The summed E-state index contributed by atoms with van der Waals surface area (Å²) in [7, 11) is 3.49. The van der Waals surface area contributed by atoms with E-state index >= 15 is 0 Å². The molecule has 1 aromatic carbocycles. The van der Waals surface area contributed by atoms with Gasteiger partial charge in [-0.1, -0.05) is 12.1 Å². The van der Waals surface area contributed by atoms with Crippen molar-refractivity contribution >= 4 is 5.69 Å². The topological polar surface area (TPSA) is 38.5 Å². The number of likely N-dealkylation sites (N-methyl/N-ethyl adjacent to an activating group) is 1. The molecule has 0 spiro atoms. The van der Waals surface area contributed by atoms with Crippen LogP contribution in [0.2, 0.25) is 0 Å². The molecule has 0 bridgehead atoms. The van der Waals surface area contributed by atoms with Crippen LogP contribution in [0.5, 0.6) is 0 Å². The van der Waals surface area contributed by atoms with E-state index in [1.807, 2.05) is 18.0 Å². The molecule has 0 amide bonds. The molecule has 1 aromatic rings. The third-order valence-corrected chi connectivity index (χ3v) is 2.50. The first-order chi connectivity index (χ1) is 7.70. The highest BCUT2D eigenvalue weighted by Crippen LogP contribution is 2.23. The number of halogens is 1. The zero-order valence-electron chi connectivity index (χ0n) is 9.87. The minimum atomic E-state index is -0.204. The Balaban J connectivity index is 2.90. The molecule has 0 atom stereocenters. The average molecular weight is 226 g/mol. The van der Waals surface area contributed by atoms with Crippen molar-refractivity contribution in [2.45, 2.75) is 6.42 Å². The van der Waals surface area contributed by atoms with E-state index in [0.29, 0.717) is 31.8 Å². The van der Waals surface area contributed by atoms with Crippen molar-refractivity contribution in [3.8, 4) is 0 Å². The Kier molecular flexibility index (Phi) is 5.22. The molecule has 0 saturated carbocycles. The average Bonchev–Trinajstić information content (AvgIpc) is 2.26. The lowest BCUT2D eigenvalue weighted by atomic mass is 10.1. The molecule has 2 N–H and O–H groups in total. The first-order valence-corrected chi connectivity index (χ1v) is 5.38. The summed E-state index contributed by atoms with van der Waals surface area (Å²) >= 11 is 0. The Morgan fingerprint density at radius 3 is 2.81 bits per heavy atom. The van der Waals surface area contributed by atoms with Crippen LogP contribution in [-0.2, 0) is 11.2 Å². The lowest BCUT2D eigenvalue weighted by Gasteiger charge is -2.22. The second kappa shape index (κ2) is 6.45. The molecule has 0 radical (unpaired) electrons. The molecule has 0 fully saturated rings. The fourth-order valence-electron chi connectivity index (χ4n) is 1.68. The highest BCUT2D eigenvalue weighted by atomic mass is 19.1. The van der Waals surface area contributed by atoms with Crippen LogP contribution in [0.1, 0.15) is 5.56 Å². The molecule has 0 aliphatic rings. The number of hydrogen-bond acceptors (Lipinski definition) is 3. The van der Waals surface area contributed by atoms with Gasteiger partial charge in [-0.15, -0.1) is 0 Å². The zero-order chi connectivity index (χ0) is 12.0. The van der Waals surface area contributed by atoms with Crippen LogP contribution in [0.3, 0.4) is 0 Å². The van der Waals surface area contributed by atoms with Crippen molar-refractivity contribution in [1.29, 1.82) is 0 Å². The molecule has 0 aliphatic heterocycles. The van der Waals surface area contributed by atoms with E-state index in [9.17, 15) is 4.39 Å². The van der Waals surface area contributed by atoms with Gasteiger partial charge in [0.1, 0.15) is 5.82 Å². The number of rotatable bonds is 6. The monoisotopic (exact) mass is 226 g/mol. The summed E-state index contributed by atoms with van der Waals surface area (Å²) < 4.78 is 18.7. The maximum absolute atomic E-state index is 13.7. The van der Waals surface area contributed by atoms with Crippen LogP contribution < -0.4 is 10.6 Å². The van der Waals surface area contributed by atoms with Crippen LogP contribution in [0.15, 0.2) is 18.2 Å². The lowest BCUT2D eigenvalue weighted by Crippen LogP contribution is -2.24. The normalized spacial score (nSPS) is 10.5. The fraction of sp³-hybridized carbons (Fsp3) is 0.500. The number of para-hydroxylation sites is 1. The summed E-state index contributed by atoms with van der Waals surface area (Å²) in [4.78, 5) is 1.86. The van der Waals surface area contributed by atoms with Crippen molar-refractivity contribution in [2.75, 3.05) is 38.8 Å². The van der Waals surface area contributed by atoms with E-state index < -0.39 is 0 Å². The Bertz CT molecular complexity index is 331. The summed E-state index contributed by atoms with van der Waals surface area (Å²) in [5.41, 5.74) is 7.09. The van der Waals surface area contributed by atoms with E-state index in [2.05, 4.69) is 0 Å². The second-order valence-corrected chi connectivity index (χ2v) is 3.70. The van der Waals surface area contributed by atoms with Gasteiger partial charge in [-0.2, -0.15) is 0 Å². The van der Waals surface area contributed by atoms with Crippen LogP contribution in [-0.4, -0.2) is 33.9 Å². The second-order valence-electron chi connectivity index (χ2n) is 3.70. The highest BCUT2D eigenvalue weighted by molar-refractivity contribution is 5.54. The smallest absolute Gasteiger partial charge is 0.146 e. The Labute approximate surface area is 96.0 Å². The molecule has 3 nitrogen and oxygen atoms in total. The van der Waals surface area contributed by atoms with Gasteiger partial charge in [0.25, 0.3) is 0 Å². The number of nitrogens with zero attached hydrogens (tertiary/aromatic N) is 1. The van der Waals surface area contributed by atoms with Gasteiger partial charge in [0, 0.05) is 20.7 Å². The molecule has 0 heterocycles. The molecule has 16 heavy (non-hydrogen) atoms. The number of hydrogen-bond donors (Lipinski definition) is 1. The van der Waals surface area contributed by atoms with E-state index in [0.717, 1.165) is 5.56 Å². The van der Waals surface area contributed by atoms with Gasteiger partial charge in [0.15, 0.2) is 0 Å². The molecule has 0 aromatic heterocycles. The number of ether oxygens (including phenoxy) is 1. The number of benzene rings is 1. The van der Waals surface area contributed by atoms with Gasteiger partial charge in [-0.05, 0) is 24.6 Å². The highest BCUT2D eigenvalue weighted by Gasteiger charge is 2.11. The fourth-order valence-corrected chi connectivity index (χ4v) is 1.68. The SMILES string of the molecule is COCCN(C)c1c(F)cccc1CCN. The Morgan fingerprint density at radius 1 is 1.44 bits per heavy atom. The first kappa shape index (κ1) is 12.9. The first-order valence-electron chi connectivity index (χ1n) is 5.38. The molecular weight excluding hydrogens is 207 g/mol. The predicted molar refractivity (Wildman–Crippen MR) is 64.3 cm³/mol. The molecular formula is C12H19FN2O. The zero-order valence-corrected chi connectivity index (χ0v) is 9.87. The molecule has 0 saturated heterocycles. The molecule has 90 valence electrons.